The summed E-state index contributed by atoms with van der Waals surface area (Å²) in [7, 11) is 0. The Bertz CT molecular complexity index is 1050. The lowest BCUT2D eigenvalue weighted by atomic mass is 10.1. The van der Waals surface area contributed by atoms with Crippen LogP contribution in [0.25, 0.3) is 0 Å². The first-order valence-electron chi connectivity index (χ1n) is 9.57. The van der Waals surface area contributed by atoms with Gasteiger partial charge in [0.15, 0.2) is 0 Å². The minimum atomic E-state index is -0.263. The Morgan fingerprint density at radius 2 is 1.37 bits per heavy atom. The van der Waals surface area contributed by atoms with E-state index in [1.54, 1.807) is 42.5 Å². The highest BCUT2D eigenvalue weighted by molar-refractivity contribution is 6.04. The van der Waals surface area contributed by atoms with Crippen molar-refractivity contribution in [1.29, 1.82) is 0 Å². The topological polar surface area (TPSA) is 87.3 Å². The number of rotatable bonds is 6. The monoisotopic (exact) mass is 401 g/mol. The van der Waals surface area contributed by atoms with Crippen LogP contribution in [0.15, 0.2) is 78.9 Å². The Balaban J connectivity index is 1.64. The summed E-state index contributed by atoms with van der Waals surface area (Å²) >= 11 is 0. The molecule has 0 aromatic heterocycles. The van der Waals surface area contributed by atoms with Crippen molar-refractivity contribution in [2.24, 2.45) is 0 Å². The maximum absolute atomic E-state index is 12.5. The molecule has 30 heavy (non-hydrogen) atoms. The van der Waals surface area contributed by atoms with E-state index in [4.69, 9.17) is 0 Å². The van der Waals surface area contributed by atoms with E-state index in [2.05, 4.69) is 16.0 Å². The fourth-order valence-corrected chi connectivity index (χ4v) is 2.95. The largest absolute Gasteiger partial charge is 0.346 e. The van der Waals surface area contributed by atoms with Gasteiger partial charge in [-0.3, -0.25) is 14.4 Å². The SMILES string of the molecule is CC(=O)Nc1ccc(C(=O)NC(C)c2cccc(NC(=O)c3ccccc3)c2)cc1. The van der Waals surface area contributed by atoms with Gasteiger partial charge < -0.3 is 16.0 Å². The van der Waals surface area contributed by atoms with Crippen molar-refractivity contribution in [1.82, 2.24) is 5.32 Å². The van der Waals surface area contributed by atoms with E-state index in [0.717, 1.165) is 5.56 Å². The average molecular weight is 401 g/mol. The molecule has 0 bridgehead atoms. The van der Waals surface area contributed by atoms with E-state index in [1.807, 2.05) is 43.3 Å². The standard InChI is InChI=1S/C24H23N3O3/c1-16(25-23(29)19-11-13-21(14-12-19)26-17(2)28)20-9-6-10-22(15-20)27-24(30)18-7-4-3-5-8-18/h3-16H,1-2H3,(H,25,29)(H,26,28)(H,27,30). The van der Waals surface area contributed by atoms with Crippen molar-refractivity contribution in [3.63, 3.8) is 0 Å². The van der Waals surface area contributed by atoms with Crippen LogP contribution in [0.1, 0.15) is 46.2 Å². The number of anilines is 2. The zero-order chi connectivity index (χ0) is 21.5. The predicted molar refractivity (Wildman–Crippen MR) is 117 cm³/mol. The van der Waals surface area contributed by atoms with Crippen molar-refractivity contribution >= 4 is 29.1 Å². The lowest BCUT2D eigenvalue weighted by molar-refractivity contribution is -0.114. The first-order chi connectivity index (χ1) is 14.4. The Labute approximate surface area is 175 Å². The molecule has 0 aliphatic heterocycles. The average Bonchev–Trinajstić information content (AvgIpc) is 2.74. The van der Waals surface area contributed by atoms with Crippen molar-refractivity contribution in [2.45, 2.75) is 19.9 Å². The van der Waals surface area contributed by atoms with Gasteiger partial charge in [0.2, 0.25) is 5.91 Å². The third kappa shape index (κ3) is 5.54. The van der Waals surface area contributed by atoms with Gasteiger partial charge in [0.05, 0.1) is 6.04 Å². The van der Waals surface area contributed by atoms with E-state index in [0.29, 0.717) is 22.5 Å². The summed E-state index contributed by atoms with van der Waals surface area (Å²) in [5, 5.41) is 8.49. The van der Waals surface area contributed by atoms with Gasteiger partial charge in [-0.15, -0.1) is 0 Å². The highest BCUT2D eigenvalue weighted by atomic mass is 16.2. The van der Waals surface area contributed by atoms with Crippen LogP contribution in [0.3, 0.4) is 0 Å². The number of nitrogens with one attached hydrogen (secondary N) is 3. The number of amides is 3. The lowest BCUT2D eigenvalue weighted by Gasteiger charge is -2.16. The molecule has 0 saturated carbocycles. The van der Waals surface area contributed by atoms with Gasteiger partial charge in [0.1, 0.15) is 0 Å². The van der Waals surface area contributed by atoms with E-state index in [-0.39, 0.29) is 23.8 Å². The van der Waals surface area contributed by atoms with Crippen LogP contribution in [0.5, 0.6) is 0 Å². The van der Waals surface area contributed by atoms with Crippen LogP contribution in [0.4, 0.5) is 11.4 Å². The third-order valence-corrected chi connectivity index (χ3v) is 4.50. The quantitative estimate of drug-likeness (QED) is 0.572. The van der Waals surface area contributed by atoms with Crippen LogP contribution in [-0.4, -0.2) is 17.7 Å². The smallest absolute Gasteiger partial charge is 0.255 e. The van der Waals surface area contributed by atoms with E-state index >= 15 is 0 Å². The van der Waals surface area contributed by atoms with Crippen LogP contribution in [0.2, 0.25) is 0 Å². The first-order valence-corrected chi connectivity index (χ1v) is 9.57. The maximum atomic E-state index is 12.5. The summed E-state index contributed by atoms with van der Waals surface area (Å²) in [5.41, 5.74) is 3.22. The fraction of sp³-hybridized carbons (Fsp3) is 0.125. The second-order valence-corrected chi connectivity index (χ2v) is 6.90. The number of benzene rings is 3. The molecule has 3 amide bonds. The minimum absolute atomic E-state index is 0.167. The second-order valence-electron chi connectivity index (χ2n) is 6.90. The molecule has 0 spiro atoms. The van der Waals surface area contributed by atoms with E-state index in [9.17, 15) is 14.4 Å². The van der Waals surface area contributed by atoms with E-state index < -0.39 is 0 Å². The zero-order valence-electron chi connectivity index (χ0n) is 16.8. The van der Waals surface area contributed by atoms with Gasteiger partial charge in [-0.1, -0.05) is 30.3 Å². The summed E-state index contributed by atoms with van der Waals surface area (Å²) < 4.78 is 0. The third-order valence-electron chi connectivity index (χ3n) is 4.50. The molecule has 0 radical (unpaired) electrons. The Hall–Kier alpha value is -3.93. The van der Waals surface area contributed by atoms with Gasteiger partial charge >= 0.3 is 0 Å². The summed E-state index contributed by atoms with van der Waals surface area (Å²) in [4.78, 5) is 36.0. The first kappa shape index (κ1) is 20.8. The highest BCUT2D eigenvalue weighted by Gasteiger charge is 2.13. The maximum Gasteiger partial charge on any atom is 0.255 e. The molecule has 0 aliphatic rings. The number of carbonyl (C=O) groups excluding carboxylic acids is 3. The van der Waals surface area contributed by atoms with Gasteiger partial charge in [0.25, 0.3) is 11.8 Å². The fourth-order valence-electron chi connectivity index (χ4n) is 2.95. The molecule has 6 heteroatoms. The van der Waals surface area contributed by atoms with Crippen LogP contribution in [-0.2, 0) is 4.79 Å². The Morgan fingerprint density at radius 1 is 0.700 bits per heavy atom. The molecule has 0 aliphatic carbocycles. The van der Waals surface area contributed by atoms with Crippen molar-refractivity contribution in [2.75, 3.05) is 10.6 Å². The molecule has 1 unspecified atom stereocenters. The number of hydrogen-bond donors (Lipinski definition) is 3. The number of carbonyl (C=O) groups is 3. The molecule has 3 aromatic rings. The molecule has 1 atom stereocenters. The van der Waals surface area contributed by atoms with Gasteiger partial charge in [-0.25, -0.2) is 0 Å². The molecule has 0 saturated heterocycles. The molecule has 0 heterocycles. The lowest BCUT2D eigenvalue weighted by Crippen LogP contribution is -2.26. The molecular weight excluding hydrogens is 378 g/mol. The van der Waals surface area contributed by atoms with Gasteiger partial charge in [0, 0.05) is 29.4 Å². The molecule has 0 fully saturated rings. The summed E-state index contributed by atoms with van der Waals surface area (Å²) in [6, 6.07) is 22.8. The van der Waals surface area contributed by atoms with Crippen molar-refractivity contribution in [3.8, 4) is 0 Å². The number of hydrogen-bond acceptors (Lipinski definition) is 3. The summed E-state index contributed by atoms with van der Waals surface area (Å²) in [5.74, 6) is -0.584. The molecule has 3 aromatic carbocycles. The summed E-state index contributed by atoms with van der Waals surface area (Å²) in [6.45, 7) is 3.31. The molecule has 3 rings (SSSR count). The molecular formula is C24H23N3O3. The summed E-state index contributed by atoms with van der Waals surface area (Å²) in [6.07, 6.45) is 0. The Kier molecular flexibility index (Phi) is 6.60. The van der Waals surface area contributed by atoms with Crippen molar-refractivity contribution in [3.05, 3.63) is 95.6 Å². The van der Waals surface area contributed by atoms with Crippen LogP contribution < -0.4 is 16.0 Å². The minimum Gasteiger partial charge on any atom is -0.346 e. The molecule has 152 valence electrons. The van der Waals surface area contributed by atoms with Gasteiger partial charge in [-0.05, 0) is 61.0 Å². The molecule has 3 N–H and O–H groups in total. The predicted octanol–water partition coefficient (Wildman–Crippen LogP) is 4.39. The second kappa shape index (κ2) is 9.52. The van der Waals surface area contributed by atoms with E-state index in [1.165, 1.54) is 6.92 Å². The molecule has 6 nitrogen and oxygen atoms in total. The normalized spacial score (nSPS) is 11.3. The Morgan fingerprint density at radius 3 is 2.03 bits per heavy atom. The van der Waals surface area contributed by atoms with Crippen LogP contribution in [0, 0.1) is 0 Å². The van der Waals surface area contributed by atoms with Crippen molar-refractivity contribution < 1.29 is 14.4 Å². The highest BCUT2D eigenvalue weighted by Crippen LogP contribution is 2.19. The van der Waals surface area contributed by atoms with Gasteiger partial charge in [-0.2, -0.15) is 0 Å². The van der Waals surface area contributed by atoms with Crippen LogP contribution >= 0.6 is 0 Å². The zero-order valence-corrected chi connectivity index (χ0v) is 16.8.